The van der Waals surface area contributed by atoms with Crippen LogP contribution in [0.3, 0.4) is 0 Å². The summed E-state index contributed by atoms with van der Waals surface area (Å²) in [6.45, 7) is 8.93. The van der Waals surface area contributed by atoms with Gasteiger partial charge >= 0.3 is 0 Å². The number of likely N-dealkylation sites (tertiary alicyclic amines) is 1. The largest absolute Gasteiger partial charge is 0.504 e. The molecule has 2 aromatic rings. The lowest BCUT2D eigenvalue weighted by Crippen LogP contribution is -2.78. The molecule has 5 aliphatic rings. The Morgan fingerprint density at radius 2 is 1.80 bits per heavy atom. The third-order valence-electron chi connectivity index (χ3n) is 11.3. The van der Waals surface area contributed by atoms with Gasteiger partial charge < -0.3 is 14.9 Å². The van der Waals surface area contributed by atoms with Crippen LogP contribution in [0.2, 0.25) is 0 Å². The van der Waals surface area contributed by atoms with Gasteiger partial charge in [-0.05, 0) is 99.9 Å². The van der Waals surface area contributed by atoms with E-state index in [-0.39, 0.29) is 23.9 Å². The van der Waals surface area contributed by atoms with Crippen molar-refractivity contribution in [2.45, 2.75) is 114 Å². The summed E-state index contributed by atoms with van der Waals surface area (Å²) < 4.78 is 6.90. The smallest absolute Gasteiger partial charge is 0.165 e. The van der Waals surface area contributed by atoms with E-state index in [2.05, 4.69) is 60.0 Å². The van der Waals surface area contributed by atoms with Crippen molar-refractivity contribution in [3.05, 3.63) is 59.2 Å². The molecule has 5 heteroatoms. The van der Waals surface area contributed by atoms with Gasteiger partial charge in [-0.2, -0.15) is 0 Å². The van der Waals surface area contributed by atoms with E-state index in [4.69, 9.17) is 4.74 Å². The van der Waals surface area contributed by atoms with Crippen molar-refractivity contribution in [2.24, 2.45) is 11.8 Å². The zero-order valence-electron chi connectivity index (χ0n) is 25.2. The number of aromatic hydroxyl groups is 1. The summed E-state index contributed by atoms with van der Waals surface area (Å²) in [7, 11) is 0. The van der Waals surface area contributed by atoms with E-state index in [0.717, 1.165) is 63.3 Å². The Morgan fingerprint density at radius 1 is 1.00 bits per heavy atom. The SMILES string of the molecule is CC(C)CN(CCCCCCc1ccccc1)C1CC[C@@]2(O)[C@H]3Cc4ccc(O)c5c4[C@@]2(CCN3CC2CC2)C1O5. The van der Waals surface area contributed by atoms with Crippen molar-refractivity contribution >= 4 is 0 Å². The number of rotatable bonds is 12. The molecule has 2 heterocycles. The summed E-state index contributed by atoms with van der Waals surface area (Å²) in [5, 5.41) is 23.8. The second-order valence-electron chi connectivity index (χ2n) is 14.4. The molecule has 2 aliphatic heterocycles. The molecule has 2 bridgehead atoms. The fraction of sp³-hybridized carbons (Fsp3) is 0.667. The summed E-state index contributed by atoms with van der Waals surface area (Å²) in [6.07, 6.45) is 12.3. The number of piperidine rings is 1. The molecular weight excluding hydrogens is 508 g/mol. The van der Waals surface area contributed by atoms with Gasteiger partial charge in [0, 0.05) is 30.7 Å². The number of phenols is 1. The van der Waals surface area contributed by atoms with Gasteiger partial charge in [0.25, 0.3) is 0 Å². The molecule has 0 amide bonds. The van der Waals surface area contributed by atoms with Crippen LogP contribution in [0.4, 0.5) is 0 Å². The van der Waals surface area contributed by atoms with Crippen LogP contribution < -0.4 is 4.74 Å². The van der Waals surface area contributed by atoms with Crippen molar-refractivity contribution in [3.8, 4) is 11.5 Å². The van der Waals surface area contributed by atoms with Crippen LogP contribution in [0.5, 0.6) is 11.5 Å². The Bertz CT molecular complexity index is 1230. The lowest BCUT2D eigenvalue weighted by atomic mass is 9.48. The van der Waals surface area contributed by atoms with E-state index in [0.29, 0.717) is 11.7 Å². The van der Waals surface area contributed by atoms with Crippen molar-refractivity contribution in [1.29, 1.82) is 0 Å². The molecular formula is C36H50N2O3. The third-order valence-corrected chi connectivity index (χ3v) is 11.3. The van der Waals surface area contributed by atoms with E-state index < -0.39 is 11.0 Å². The van der Waals surface area contributed by atoms with Crippen LogP contribution in [0, 0.1) is 11.8 Å². The quantitative estimate of drug-likeness (QED) is 0.309. The number of nitrogens with zero attached hydrogens (tertiary/aromatic N) is 2. The molecule has 1 saturated heterocycles. The number of phenolic OH excluding ortho intramolecular Hbond substituents is 1. The van der Waals surface area contributed by atoms with Crippen LogP contribution in [0.1, 0.15) is 88.3 Å². The predicted octanol–water partition coefficient (Wildman–Crippen LogP) is 6.09. The van der Waals surface area contributed by atoms with E-state index >= 15 is 0 Å². The molecule has 41 heavy (non-hydrogen) atoms. The summed E-state index contributed by atoms with van der Waals surface area (Å²) in [6, 6.07) is 15.2. The van der Waals surface area contributed by atoms with Crippen LogP contribution >= 0.6 is 0 Å². The van der Waals surface area contributed by atoms with Gasteiger partial charge in [-0.15, -0.1) is 0 Å². The van der Waals surface area contributed by atoms with Gasteiger partial charge in [-0.1, -0.05) is 63.1 Å². The van der Waals surface area contributed by atoms with Crippen LogP contribution in [0.25, 0.3) is 0 Å². The zero-order valence-corrected chi connectivity index (χ0v) is 25.2. The molecule has 5 atom stereocenters. The number of ether oxygens (including phenoxy) is 1. The van der Waals surface area contributed by atoms with E-state index in [1.54, 1.807) is 0 Å². The molecule has 2 saturated carbocycles. The average Bonchev–Trinajstić information content (AvgIpc) is 3.70. The second kappa shape index (κ2) is 10.9. The molecule has 7 rings (SSSR count). The van der Waals surface area contributed by atoms with Gasteiger partial charge in [0.15, 0.2) is 11.5 Å². The summed E-state index contributed by atoms with van der Waals surface area (Å²) in [5.74, 6) is 2.31. The first-order chi connectivity index (χ1) is 19.9. The minimum atomic E-state index is -0.797. The lowest BCUT2D eigenvalue weighted by Gasteiger charge is -2.65. The Hall–Kier alpha value is -2.08. The first kappa shape index (κ1) is 27.7. The highest BCUT2D eigenvalue weighted by Crippen LogP contribution is 2.66. The molecule has 2 N–H and O–H groups in total. The number of hydrogen-bond acceptors (Lipinski definition) is 5. The highest BCUT2D eigenvalue weighted by Gasteiger charge is 2.73. The number of hydrogen-bond donors (Lipinski definition) is 2. The number of unbranched alkanes of at least 4 members (excludes halogenated alkanes) is 3. The number of aliphatic hydroxyl groups is 1. The van der Waals surface area contributed by atoms with Gasteiger partial charge in [0.05, 0.1) is 11.0 Å². The maximum Gasteiger partial charge on any atom is 0.165 e. The predicted molar refractivity (Wildman–Crippen MR) is 164 cm³/mol. The first-order valence-corrected chi connectivity index (χ1v) is 16.7. The first-order valence-electron chi connectivity index (χ1n) is 16.7. The Morgan fingerprint density at radius 3 is 2.59 bits per heavy atom. The van der Waals surface area contributed by atoms with Crippen molar-refractivity contribution in [1.82, 2.24) is 9.80 Å². The minimum absolute atomic E-state index is 0.106. The van der Waals surface area contributed by atoms with Crippen molar-refractivity contribution < 1.29 is 14.9 Å². The second-order valence-corrected chi connectivity index (χ2v) is 14.4. The summed E-state index contributed by atoms with van der Waals surface area (Å²) in [4.78, 5) is 5.35. The Kier molecular flexibility index (Phi) is 7.36. The third kappa shape index (κ3) is 4.71. The maximum absolute atomic E-state index is 12.8. The Balaban J connectivity index is 1.11. The Labute approximate surface area is 246 Å². The summed E-state index contributed by atoms with van der Waals surface area (Å²) >= 11 is 0. The molecule has 3 fully saturated rings. The fourth-order valence-corrected chi connectivity index (χ4v) is 9.33. The molecule has 1 spiro atoms. The molecule has 2 aromatic carbocycles. The molecule has 222 valence electrons. The molecule has 0 aromatic heterocycles. The van der Waals surface area contributed by atoms with Crippen molar-refractivity contribution in [3.63, 3.8) is 0 Å². The highest BCUT2D eigenvalue weighted by molar-refractivity contribution is 5.62. The van der Waals surface area contributed by atoms with Gasteiger partial charge in [0.2, 0.25) is 0 Å². The monoisotopic (exact) mass is 558 g/mol. The molecule has 5 nitrogen and oxygen atoms in total. The molecule has 0 radical (unpaired) electrons. The normalized spacial score (nSPS) is 31.9. The van der Waals surface area contributed by atoms with Gasteiger partial charge in [-0.3, -0.25) is 9.80 Å². The van der Waals surface area contributed by atoms with E-state index in [9.17, 15) is 10.2 Å². The number of aryl methyl sites for hydroxylation is 1. The molecule has 2 unspecified atom stereocenters. The lowest BCUT2D eigenvalue weighted by molar-refractivity contribution is -0.201. The number of benzene rings is 2. The zero-order chi connectivity index (χ0) is 28.2. The maximum atomic E-state index is 12.8. The van der Waals surface area contributed by atoms with Crippen molar-refractivity contribution in [2.75, 3.05) is 26.2 Å². The van der Waals surface area contributed by atoms with Gasteiger partial charge in [-0.25, -0.2) is 0 Å². The van der Waals surface area contributed by atoms with Crippen LogP contribution in [-0.2, 0) is 18.3 Å². The van der Waals surface area contributed by atoms with E-state index in [1.807, 2.05) is 6.07 Å². The fourth-order valence-electron chi connectivity index (χ4n) is 9.33. The van der Waals surface area contributed by atoms with E-state index in [1.165, 1.54) is 56.1 Å². The highest BCUT2D eigenvalue weighted by atomic mass is 16.5. The summed E-state index contributed by atoms with van der Waals surface area (Å²) in [5.41, 5.74) is 2.67. The topological polar surface area (TPSA) is 56.2 Å². The average molecular weight is 559 g/mol. The van der Waals surface area contributed by atoms with Gasteiger partial charge in [0.1, 0.15) is 6.10 Å². The van der Waals surface area contributed by atoms with Crippen LogP contribution in [0.15, 0.2) is 42.5 Å². The van der Waals surface area contributed by atoms with Crippen LogP contribution in [-0.4, -0.2) is 70.0 Å². The minimum Gasteiger partial charge on any atom is -0.504 e. The molecule has 3 aliphatic carbocycles. The standard InChI is InChI=1S/C36H50N2O3/c1-25(2)23-37(20-9-4-3-6-10-26-11-7-5-8-12-26)29-17-18-36(40)31-22-28-15-16-30(39)33-32(28)35(36,34(29)41-33)19-21-38(31)24-27-13-14-27/h5,7-8,11-12,15-16,25,27,29,31,34,39-40H,3-4,6,9-10,13-14,17-24H2,1-2H3/t29?,31-,34?,35+,36-/m1/s1.